The zero-order valence-electron chi connectivity index (χ0n) is 24.0. The summed E-state index contributed by atoms with van der Waals surface area (Å²) >= 11 is 1.27. The van der Waals surface area contributed by atoms with Gasteiger partial charge in [0.1, 0.15) is 5.01 Å². The molecule has 1 amide bonds. The highest BCUT2D eigenvalue weighted by molar-refractivity contribution is 7.17. The van der Waals surface area contributed by atoms with Crippen molar-refractivity contribution in [3.63, 3.8) is 0 Å². The van der Waals surface area contributed by atoms with Crippen molar-refractivity contribution in [2.24, 2.45) is 0 Å². The number of nitrogens with zero attached hydrogens (tertiary/aromatic N) is 4. The van der Waals surface area contributed by atoms with Gasteiger partial charge in [0, 0.05) is 49.8 Å². The van der Waals surface area contributed by atoms with Crippen molar-refractivity contribution in [2.45, 2.75) is 26.8 Å². The number of aromatic nitrogens is 1. The lowest BCUT2D eigenvalue weighted by molar-refractivity contribution is -0.117. The van der Waals surface area contributed by atoms with E-state index in [0.29, 0.717) is 21.3 Å². The maximum atomic E-state index is 14.2. The molecule has 0 saturated carbocycles. The Morgan fingerprint density at radius 2 is 1.54 bits per heavy atom. The van der Waals surface area contributed by atoms with Gasteiger partial charge in [-0.15, -0.1) is 11.3 Å². The van der Waals surface area contributed by atoms with Gasteiger partial charge in [-0.1, -0.05) is 42.5 Å². The molecule has 1 N–H and O–H groups in total. The van der Waals surface area contributed by atoms with Crippen LogP contribution in [-0.4, -0.2) is 49.0 Å². The van der Waals surface area contributed by atoms with Crippen LogP contribution in [-0.2, 0) is 4.79 Å². The monoisotopic (exact) mass is 566 g/mol. The molecule has 0 spiro atoms. The van der Waals surface area contributed by atoms with E-state index in [-0.39, 0.29) is 5.57 Å². The Labute approximate surface area is 245 Å². The summed E-state index contributed by atoms with van der Waals surface area (Å²) in [6.45, 7) is 7.70. The predicted octanol–water partition coefficient (Wildman–Crippen LogP) is 6.81. The molecule has 0 saturated heterocycles. The maximum Gasteiger partial charge on any atom is 0.294 e. The third-order valence-corrected chi connectivity index (χ3v) is 8.66. The molecule has 41 heavy (non-hydrogen) atoms. The molecule has 0 fully saturated rings. The van der Waals surface area contributed by atoms with Crippen LogP contribution < -0.4 is 14.7 Å². The second-order valence-electron chi connectivity index (χ2n) is 10.1. The van der Waals surface area contributed by atoms with Crippen LogP contribution >= 0.6 is 11.3 Å². The normalized spacial score (nSPS) is 15.0. The number of Topliss-reactive ketones (excluding diaryl/α,β-unsaturated/α-hetero) is 1. The number of thiazole rings is 1. The van der Waals surface area contributed by atoms with E-state index in [1.165, 1.54) is 16.2 Å². The van der Waals surface area contributed by atoms with Crippen LogP contribution in [0, 0.1) is 6.92 Å². The summed E-state index contributed by atoms with van der Waals surface area (Å²) < 4.78 is 0. The summed E-state index contributed by atoms with van der Waals surface area (Å²) in [7, 11) is 3.91. The Hall–Kier alpha value is -4.43. The molecule has 1 unspecified atom stereocenters. The number of hydrogen-bond donors (Lipinski definition) is 1. The fourth-order valence-corrected chi connectivity index (χ4v) is 6.25. The quantitative estimate of drug-likeness (QED) is 0.224. The van der Waals surface area contributed by atoms with Crippen LogP contribution in [0.4, 0.5) is 17.1 Å². The average Bonchev–Trinajstić information content (AvgIpc) is 3.51. The van der Waals surface area contributed by atoms with Crippen molar-refractivity contribution in [3.05, 3.63) is 106 Å². The van der Waals surface area contributed by atoms with E-state index < -0.39 is 23.5 Å². The molecule has 1 aliphatic heterocycles. The number of carbonyl (C=O) groups excluding carboxylic acids is 2. The Balaban J connectivity index is 1.60. The fourth-order valence-electron chi connectivity index (χ4n) is 5.22. The smallest absolute Gasteiger partial charge is 0.294 e. The van der Waals surface area contributed by atoms with E-state index in [0.717, 1.165) is 35.6 Å². The minimum absolute atomic E-state index is 0.0618. The molecule has 3 aromatic carbocycles. The molecule has 210 valence electrons. The molecule has 2 heterocycles. The first kappa shape index (κ1) is 28.1. The van der Waals surface area contributed by atoms with Crippen molar-refractivity contribution >= 4 is 40.1 Å². The SMILES string of the molecule is CCN(CC)c1ccc(N2C(=O)C(O)=C(C(=O)c3sc(-c4ccccc4)nc3C)C2c2ccc(N(C)C)cc2)cc1. The molecule has 0 radical (unpaired) electrons. The predicted molar refractivity (Wildman–Crippen MR) is 167 cm³/mol. The van der Waals surface area contributed by atoms with Gasteiger partial charge in [-0.05, 0) is 62.7 Å². The largest absolute Gasteiger partial charge is 0.503 e. The number of amides is 1. The zero-order valence-corrected chi connectivity index (χ0v) is 24.8. The number of aliphatic hydroxyl groups is 1. The molecule has 0 aliphatic carbocycles. The molecular weight excluding hydrogens is 532 g/mol. The van der Waals surface area contributed by atoms with Crippen molar-refractivity contribution < 1.29 is 14.7 Å². The first-order valence-electron chi connectivity index (χ1n) is 13.7. The Kier molecular flexibility index (Phi) is 7.94. The molecule has 4 aromatic rings. The Bertz CT molecular complexity index is 1590. The van der Waals surface area contributed by atoms with Crippen LogP contribution in [0.2, 0.25) is 0 Å². The average molecular weight is 567 g/mol. The van der Waals surface area contributed by atoms with Crippen LogP contribution in [0.5, 0.6) is 0 Å². The van der Waals surface area contributed by atoms with Crippen LogP contribution in [0.3, 0.4) is 0 Å². The summed E-state index contributed by atoms with van der Waals surface area (Å²) in [5.74, 6) is -1.52. The van der Waals surface area contributed by atoms with Crippen molar-refractivity contribution in [2.75, 3.05) is 41.9 Å². The highest BCUT2D eigenvalue weighted by atomic mass is 32.1. The topological polar surface area (TPSA) is 77.0 Å². The van der Waals surface area contributed by atoms with Crippen molar-refractivity contribution in [3.8, 4) is 10.6 Å². The molecular formula is C33H34N4O3S. The van der Waals surface area contributed by atoms with E-state index >= 15 is 0 Å². The number of carbonyl (C=O) groups is 2. The van der Waals surface area contributed by atoms with Crippen LogP contribution in [0.1, 0.15) is 40.8 Å². The molecule has 1 atom stereocenters. The van der Waals surface area contributed by atoms with Gasteiger partial charge in [0.25, 0.3) is 5.91 Å². The maximum absolute atomic E-state index is 14.2. The van der Waals surface area contributed by atoms with Gasteiger partial charge in [0.15, 0.2) is 5.76 Å². The van der Waals surface area contributed by atoms with Gasteiger partial charge in [0.2, 0.25) is 5.78 Å². The molecule has 0 bridgehead atoms. The third kappa shape index (κ3) is 5.23. The lowest BCUT2D eigenvalue weighted by Gasteiger charge is -2.28. The minimum atomic E-state index is -0.799. The molecule has 8 heteroatoms. The van der Waals surface area contributed by atoms with Crippen molar-refractivity contribution in [1.29, 1.82) is 0 Å². The number of aliphatic hydroxyl groups excluding tert-OH is 1. The number of benzene rings is 3. The lowest BCUT2D eigenvalue weighted by Crippen LogP contribution is -2.31. The summed E-state index contributed by atoms with van der Waals surface area (Å²) in [4.78, 5) is 38.7. The summed E-state index contributed by atoms with van der Waals surface area (Å²) in [5.41, 5.74) is 4.90. The number of ketones is 1. The van der Waals surface area contributed by atoms with Gasteiger partial charge >= 0.3 is 0 Å². The lowest BCUT2D eigenvalue weighted by atomic mass is 9.94. The van der Waals surface area contributed by atoms with Gasteiger partial charge in [-0.2, -0.15) is 0 Å². The highest BCUT2D eigenvalue weighted by Crippen LogP contribution is 2.44. The first-order chi connectivity index (χ1) is 19.7. The number of hydrogen-bond acceptors (Lipinski definition) is 7. The van der Waals surface area contributed by atoms with Crippen LogP contribution in [0.25, 0.3) is 10.6 Å². The zero-order chi connectivity index (χ0) is 29.3. The molecule has 1 aliphatic rings. The third-order valence-electron chi connectivity index (χ3n) is 7.46. The highest BCUT2D eigenvalue weighted by Gasteiger charge is 2.45. The van der Waals surface area contributed by atoms with Gasteiger partial charge in [-0.25, -0.2) is 4.98 Å². The second kappa shape index (κ2) is 11.6. The summed E-state index contributed by atoms with van der Waals surface area (Å²) in [6.07, 6.45) is 0. The molecule has 5 rings (SSSR count). The van der Waals surface area contributed by atoms with Gasteiger partial charge < -0.3 is 14.9 Å². The van der Waals surface area contributed by atoms with E-state index in [1.807, 2.05) is 97.9 Å². The van der Waals surface area contributed by atoms with Gasteiger partial charge in [0.05, 0.1) is 22.2 Å². The van der Waals surface area contributed by atoms with E-state index in [9.17, 15) is 14.7 Å². The van der Waals surface area contributed by atoms with E-state index in [1.54, 1.807) is 6.92 Å². The number of anilines is 3. The Morgan fingerprint density at radius 3 is 2.12 bits per heavy atom. The molecule has 7 nitrogen and oxygen atoms in total. The fraction of sp³-hybridized carbons (Fsp3) is 0.242. The standard InChI is InChI=1S/C33H34N4O3S/c1-6-36(7-2)25-17-19-26(20-18-25)37-28(22-13-15-24(16-14-22)35(4)5)27(30(39)33(37)40)29(38)31-21(3)34-32(41-31)23-11-9-8-10-12-23/h8-20,28,39H,6-7H2,1-5H3. The Morgan fingerprint density at radius 1 is 0.927 bits per heavy atom. The number of rotatable bonds is 9. The number of aryl methyl sites for hydroxylation is 1. The van der Waals surface area contributed by atoms with E-state index in [2.05, 4.69) is 23.7 Å². The van der Waals surface area contributed by atoms with Crippen molar-refractivity contribution in [1.82, 2.24) is 4.98 Å². The molecule has 1 aromatic heterocycles. The summed E-state index contributed by atoms with van der Waals surface area (Å²) in [5, 5.41) is 12.0. The van der Waals surface area contributed by atoms with E-state index in [4.69, 9.17) is 0 Å². The van der Waals surface area contributed by atoms with Crippen LogP contribution in [0.15, 0.2) is 90.2 Å². The first-order valence-corrected chi connectivity index (χ1v) is 14.5. The second-order valence-corrected chi connectivity index (χ2v) is 11.1. The minimum Gasteiger partial charge on any atom is -0.503 e. The van der Waals surface area contributed by atoms with Gasteiger partial charge in [-0.3, -0.25) is 14.5 Å². The summed E-state index contributed by atoms with van der Waals surface area (Å²) in [6, 6.07) is 24.3.